The Kier molecular flexibility index (Phi) is 7.74. The Balaban J connectivity index is 1.45. The van der Waals surface area contributed by atoms with E-state index in [1.165, 1.54) is 72.8 Å². The first-order valence-corrected chi connectivity index (χ1v) is 14.3. The molecule has 0 aliphatic heterocycles. The Morgan fingerprint density at radius 2 is 1.27 bits per heavy atom. The van der Waals surface area contributed by atoms with Crippen LogP contribution in [0.3, 0.4) is 0 Å². The first kappa shape index (κ1) is 26.5. The number of benzene rings is 4. The number of hydrogen-bond donors (Lipinski definition) is 3. The molecule has 1 amide bonds. The quantitative estimate of drug-likeness (QED) is 0.243. The average molecular weight is 576 g/mol. The Morgan fingerprint density at radius 3 is 1.95 bits per heavy atom. The maximum Gasteiger partial charge on any atom is 0.261 e. The molecule has 0 aliphatic carbocycles. The lowest BCUT2D eigenvalue weighted by molar-refractivity contribution is 0.102. The monoisotopic (exact) mass is 575 g/mol. The van der Waals surface area contributed by atoms with E-state index in [1.54, 1.807) is 24.3 Å². The zero-order valence-electron chi connectivity index (χ0n) is 18.9. The molecule has 0 aromatic heterocycles. The van der Waals surface area contributed by atoms with Gasteiger partial charge in [0.25, 0.3) is 26.0 Å². The van der Waals surface area contributed by atoms with E-state index in [9.17, 15) is 21.6 Å². The summed E-state index contributed by atoms with van der Waals surface area (Å²) in [6.07, 6.45) is 0. The molecule has 0 saturated carbocycles. The van der Waals surface area contributed by atoms with Crippen molar-refractivity contribution in [3.8, 4) is 0 Å². The molecule has 3 N–H and O–H groups in total. The van der Waals surface area contributed by atoms with Crippen LogP contribution in [-0.4, -0.2) is 22.7 Å². The van der Waals surface area contributed by atoms with Crippen LogP contribution >= 0.6 is 23.2 Å². The minimum Gasteiger partial charge on any atom is -0.322 e. The van der Waals surface area contributed by atoms with Crippen LogP contribution < -0.4 is 14.8 Å². The lowest BCUT2D eigenvalue weighted by Gasteiger charge is -2.12. The number of rotatable bonds is 8. The van der Waals surface area contributed by atoms with Crippen molar-refractivity contribution in [1.29, 1.82) is 0 Å². The van der Waals surface area contributed by atoms with Crippen molar-refractivity contribution < 1.29 is 21.6 Å². The predicted octanol–water partition coefficient (Wildman–Crippen LogP) is 5.85. The molecule has 0 unspecified atom stereocenters. The standard InChI is InChI=1S/C25H19Cl2N3O5S2/c26-18-9-14-24(23(27)16-18)30-37(34,35)22-12-10-19(11-13-22)28-25(31)17-5-4-6-20(15-17)29-36(32,33)21-7-2-1-3-8-21/h1-16,29-30H,(H,28,31). The summed E-state index contributed by atoms with van der Waals surface area (Å²) < 4.78 is 55.4. The average Bonchev–Trinajstić information content (AvgIpc) is 2.86. The fraction of sp³-hybridized carbons (Fsp3) is 0. The SMILES string of the molecule is O=C(Nc1ccc(S(=O)(=O)Nc2ccc(Cl)cc2Cl)cc1)c1cccc(NS(=O)(=O)c2ccccc2)c1. The van der Waals surface area contributed by atoms with Crippen LogP contribution in [0.1, 0.15) is 10.4 Å². The van der Waals surface area contributed by atoms with Crippen molar-refractivity contribution in [2.75, 3.05) is 14.8 Å². The Morgan fingerprint density at radius 1 is 0.622 bits per heavy atom. The first-order valence-electron chi connectivity index (χ1n) is 10.6. The molecular formula is C25H19Cl2N3O5S2. The van der Waals surface area contributed by atoms with Crippen LogP contribution in [0.5, 0.6) is 0 Å². The largest absolute Gasteiger partial charge is 0.322 e. The Hall–Kier alpha value is -3.57. The highest BCUT2D eigenvalue weighted by Gasteiger charge is 2.17. The topological polar surface area (TPSA) is 121 Å². The number of nitrogens with one attached hydrogen (secondary N) is 3. The van der Waals surface area contributed by atoms with Crippen molar-refractivity contribution in [2.45, 2.75) is 9.79 Å². The number of amides is 1. The summed E-state index contributed by atoms with van der Waals surface area (Å²) in [7, 11) is -7.77. The van der Waals surface area contributed by atoms with Crippen LogP contribution in [0.15, 0.2) is 107 Å². The van der Waals surface area contributed by atoms with Gasteiger partial charge in [-0.3, -0.25) is 14.2 Å². The van der Waals surface area contributed by atoms with Crippen LogP contribution in [0, 0.1) is 0 Å². The van der Waals surface area contributed by atoms with Gasteiger partial charge in [0.1, 0.15) is 0 Å². The molecule has 37 heavy (non-hydrogen) atoms. The van der Waals surface area contributed by atoms with Crippen LogP contribution in [0.25, 0.3) is 0 Å². The molecule has 0 heterocycles. The molecule has 0 spiro atoms. The third-order valence-corrected chi connectivity index (χ3v) is 8.35. The zero-order valence-corrected chi connectivity index (χ0v) is 22.0. The van der Waals surface area contributed by atoms with E-state index in [-0.39, 0.29) is 31.8 Å². The highest BCUT2D eigenvalue weighted by Crippen LogP contribution is 2.28. The minimum absolute atomic E-state index is 0.0474. The van der Waals surface area contributed by atoms with Crippen molar-refractivity contribution in [3.63, 3.8) is 0 Å². The molecule has 4 rings (SSSR count). The molecule has 4 aromatic rings. The number of hydrogen-bond acceptors (Lipinski definition) is 5. The zero-order chi connectivity index (χ0) is 26.6. The number of halogens is 2. The molecule has 0 atom stereocenters. The normalized spacial score (nSPS) is 11.5. The number of anilines is 3. The first-order chi connectivity index (χ1) is 17.5. The second kappa shape index (κ2) is 10.8. The highest BCUT2D eigenvalue weighted by molar-refractivity contribution is 7.93. The summed E-state index contributed by atoms with van der Waals surface area (Å²) in [6, 6.07) is 23.7. The highest BCUT2D eigenvalue weighted by atomic mass is 35.5. The van der Waals surface area contributed by atoms with Gasteiger partial charge < -0.3 is 5.32 Å². The molecule has 0 fully saturated rings. The Bertz CT molecular complexity index is 1660. The lowest BCUT2D eigenvalue weighted by Crippen LogP contribution is -2.15. The Labute approximate surface area is 224 Å². The van der Waals surface area contributed by atoms with E-state index < -0.39 is 26.0 Å². The van der Waals surface area contributed by atoms with Gasteiger partial charge in [0.2, 0.25) is 0 Å². The minimum atomic E-state index is -3.95. The van der Waals surface area contributed by atoms with Gasteiger partial charge >= 0.3 is 0 Å². The van der Waals surface area contributed by atoms with Gasteiger partial charge in [-0.1, -0.05) is 47.5 Å². The van der Waals surface area contributed by atoms with Gasteiger partial charge in [-0.25, -0.2) is 16.8 Å². The van der Waals surface area contributed by atoms with Crippen molar-refractivity contribution in [1.82, 2.24) is 0 Å². The summed E-state index contributed by atoms with van der Waals surface area (Å²) in [5.41, 5.74) is 0.920. The third kappa shape index (κ3) is 6.60. The van der Waals surface area contributed by atoms with Gasteiger partial charge in [-0.05, 0) is 72.8 Å². The third-order valence-electron chi connectivity index (χ3n) is 5.03. The smallest absolute Gasteiger partial charge is 0.261 e. The van der Waals surface area contributed by atoms with Crippen molar-refractivity contribution >= 4 is 66.2 Å². The second-order valence-electron chi connectivity index (χ2n) is 7.71. The summed E-state index contributed by atoms with van der Waals surface area (Å²) >= 11 is 11.9. The fourth-order valence-electron chi connectivity index (χ4n) is 3.23. The van der Waals surface area contributed by atoms with E-state index in [0.29, 0.717) is 10.7 Å². The summed E-state index contributed by atoms with van der Waals surface area (Å²) in [5, 5.41) is 3.17. The molecular weight excluding hydrogens is 557 g/mol. The molecule has 4 aromatic carbocycles. The number of carbonyl (C=O) groups is 1. The molecule has 0 bridgehead atoms. The molecule has 12 heteroatoms. The van der Waals surface area contributed by atoms with Crippen LogP contribution in [0.2, 0.25) is 10.0 Å². The maximum absolute atomic E-state index is 12.7. The number of carbonyl (C=O) groups excluding carboxylic acids is 1. The van der Waals surface area contributed by atoms with Gasteiger partial charge in [-0.2, -0.15) is 0 Å². The molecule has 0 saturated heterocycles. The molecule has 8 nitrogen and oxygen atoms in total. The van der Waals surface area contributed by atoms with Gasteiger partial charge in [-0.15, -0.1) is 0 Å². The molecule has 190 valence electrons. The van der Waals surface area contributed by atoms with E-state index in [0.717, 1.165) is 0 Å². The van der Waals surface area contributed by atoms with Crippen LogP contribution in [-0.2, 0) is 20.0 Å². The predicted molar refractivity (Wildman–Crippen MR) is 145 cm³/mol. The van der Waals surface area contributed by atoms with Gasteiger partial charge in [0.15, 0.2) is 0 Å². The fourth-order valence-corrected chi connectivity index (χ4v) is 5.90. The van der Waals surface area contributed by atoms with Crippen molar-refractivity contribution in [3.05, 3.63) is 113 Å². The van der Waals surface area contributed by atoms with E-state index >= 15 is 0 Å². The number of sulfonamides is 2. The summed E-state index contributed by atoms with van der Waals surface area (Å²) in [6.45, 7) is 0. The lowest BCUT2D eigenvalue weighted by atomic mass is 10.2. The van der Waals surface area contributed by atoms with Gasteiger partial charge in [0.05, 0.1) is 20.5 Å². The second-order valence-corrected chi connectivity index (χ2v) is 11.9. The molecule has 0 radical (unpaired) electrons. The summed E-state index contributed by atoms with van der Waals surface area (Å²) in [4.78, 5) is 12.8. The van der Waals surface area contributed by atoms with E-state index in [4.69, 9.17) is 23.2 Å². The van der Waals surface area contributed by atoms with Crippen molar-refractivity contribution in [2.24, 2.45) is 0 Å². The van der Waals surface area contributed by atoms with Crippen LogP contribution in [0.4, 0.5) is 17.1 Å². The maximum atomic E-state index is 12.7. The van der Waals surface area contributed by atoms with E-state index in [1.807, 2.05) is 0 Å². The van der Waals surface area contributed by atoms with Gasteiger partial charge in [0, 0.05) is 22.0 Å². The van der Waals surface area contributed by atoms with E-state index in [2.05, 4.69) is 14.8 Å². The summed E-state index contributed by atoms with van der Waals surface area (Å²) in [5.74, 6) is -0.512. The molecule has 0 aliphatic rings.